The predicted octanol–water partition coefficient (Wildman–Crippen LogP) is 20.0. The van der Waals surface area contributed by atoms with Crippen LogP contribution in [-0.2, 0) is 0 Å². The van der Waals surface area contributed by atoms with E-state index in [9.17, 15) is 10.5 Å². The second-order valence-electron chi connectivity index (χ2n) is 23.0. The van der Waals surface area contributed by atoms with Gasteiger partial charge in [-0.15, -0.1) is 0 Å². The van der Waals surface area contributed by atoms with Crippen LogP contribution in [0.4, 0.5) is 0 Å². The van der Waals surface area contributed by atoms with Crippen LogP contribution < -0.4 is 0 Å². The Morgan fingerprint density at radius 2 is 0.386 bits per heavy atom. The average molecular weight is 1120 g/mol. The molecule has 0 aliphatic carbocycles. The molecule has 0 saturated heterocycles. The zero-order valence-corrected chi connectivity index (χ0v) is 47.1. The highest BCUT2D eigenvalue weighted by Crippen LogP contribution is 2.50. The van der Waals surface area contributed by atoms with E-state index in [4.69, 9.17) is 0 Å². The van der Waals surface area contributed by atoms with Gasteiger partial charge in [0, 0.05) is 76.0 Å². The minimum Gasteiger partial charge on any atom is -0.309 e. The monoisotopic (exact) mass is 1120 g/mol. The van der Waals surface area contributed by atoms with E-state index in [1.807, 2.05) is 0 Å². The molecule has 8 nitrogen and oxygen atoms in total. The van der Waals surface area contributed by atoms with Crippen molar-refractivity contribution in [3.63, 3.8) is 0 Å². The van der Waals surface area contributed by atoms with Crippen LogP contribution in [0.2, 0.25) is 0 Å². The Labute approximate surface area is 502 Å². The van der Waals surface area contributed by atoms with Crippen molar-refractivity contribution in [3.8, 4) is 46.3 Å². The summed E-state index contributed by atoms with van der Waals surface area (Å²) in [5.41, 5.74) is 17.0. The molecule has 0 spiro atoms. The third-order valence-electron chi connectivity index (χ3n) is 18.6. The number of nitrogens with zero attached hydrogens (tertiary/aromatic N) is 8. The van der Waals surface area contributed by atoms with Crippen molar-refractivity contribution >= 4 is 131 Å². The summed E-state index contributed by atoms with van der Waals surface area (Å²) in [6.45, 7) is 0. The third kappa shape index (κ3) is 6.34. The lowest BCUT2D eigenvalue weighted by atomic mass is 9.98. The number of fused-ring (bicyclic) bond motifs is 18. The molecule has 0 bridgehead atoms. The molecule has 0 N–H and O–H groups in total. The van der Waals surface area contributed by atoms with Crippen molar-refractivity contribution in [1.29, 1.82) is 10.5 Å². The Morgan fingerprint density at radius 1 is 0.182 bits per heavy atom. The smallest absolute Gasteiger partial charge is 0.104 e. The molecule has 19 rings (SSSR count). The molecule has 0 radical (unpaired) electrons. The van der Waals surface area contributed by atoms with Crippen molar-refractivity contribution in [1.82, 2.24) is 27.4 Å². The molecule has 0 amide bonds. The number of benzene rings is 13. The zero-order valence-electron chi connectivity index (χ0n) is 47.1. The highest BCUT2D eigenvalue weighted by Gasteiger charge is 2.35. The quantitative estimate of drug-likeness (QED) is 0.166. The van der Waals surface area contributed by atoms with Gasteiger partial charge in [0.2, 0.25) is 0 Å². The third-order valence-corrected chi connectivity index (χ3v) is 18.6. The van der Waals surface area contributed by atoms with E-state index in [1.54, 1.807) is 0 Å². The lowest BCUT2D eigenvalue weighted by Crippen LogP contribution is -2.17. The van der Waals surface area contributed by atoms with Gasteiger partial charge in [0.15, 0.2) is 0 Å². The minimum absolute atomic E-state index is 0.352. The maximum absolute atomic E-state index is 12.9. The Balaban J connectivity index is 1.08. The molecule has 6 aromatic heterocycles. The molecule has 0 atom stereocenters. The van der Waals surface area contributed by atoms with Crippen LogP contribution in [0.15, 0.2) is 279 Å². The number of rotatable bonds is 6. The van der Waals surface area contributed by atoms with Crippen molar-refractivity contribution in [3.05, 3.63) is 290 Å². The molecule has 19 aromatic rings. The van der Waals surface area contributed by atoms with Crippen molar-refractivity contribution < 1.29 is 0 Å². The Hall–Kier alpha value is -12.4. The zero-order chi connectivity index (χ0) is 57.9. The average Bonchev–Trinajstić information content (AvgIpc) is 1.51. The summed E-state index contributed by atoms with van der Waals surface area (Å²) in [7, 11) is 0. The molecule has 13 aromatic carbocycles. The first-order valence-electron chi connectivity index (χ1n) is 29.7. The second-order valence-corrected chi connectivity index (χ2v) is 23.0. The van der Waals surface area contributed by atoms with Gasteiger partial charge in [-0.3, -0.25) is 0 Å². The van der Waals surface area contributed by atoms with E-state index in [2.05, 4.69) is 319 Å². The van der Waals surface area contributed by atoms with Crippen LogP contribution in [0.5, 0.6) is 0 Å². The topological polar surface area (TPSA) is 77.2 Å². The number of hydrogen-bond donors (Lipinski definition) is 0. The summed E-state index contributed by atoms with van der Waals surface area (Å²) in [6.07, 6.45) is 0. The molecule has 8 heteroatoms. The van der Waals surface area contributed by atoms with Crippen molar-refractivity contribution in [2.75, 3.05) is 0 Å². The minimum atomic E-state index is 0.352. The van der Waals surface area contributed by atoms with Gasteiger partial charge in [-0.2, -0.15) is 10.5 Å². The molecule has 406 valence electrons. The van der Waals surface area contributed by atoms with Gasteiger partial charge in [0.25, 0.3) is 0 Å². The van der Waals surface area contributed by atoms with Gasteiger partial charge in [-0.25, -0.2) is 0 Å². The standard InChI is InChI=1S/C80H46N8/c81-47-63-77(87-71-41-21-13-33-57(71)61-43-73-59(45-75(61)87)55-31-11-15-35-65(55)83(73)49-23-3-1-4-24-49)64(48-82)79(86-69-39-19-9-29-53(69)54-30-10-20-40-70(54)86)80(78(63)85-67-37-17-7-27-51(67)52-28-8-18-38-68(52)85)88-72-42-22-14-34-58(72)62-44-74-60(46-76(62)88)56-32-12-16-36-66(56)84(74)50-25-5-2-6-26-50/h1-46H. The Bertz CT molecular complexity index is 6060. The largest absolute Gasteiger partial charge is 0.309 e. The summed E-state index contributed by atoms with van der Waals surface area (Å²) in [5.74, 6) is 0. The fraction of sp³-hybridized carbons (Fsp3) is 0. The first kappa shape index (κ1) is 48.1. The first-order chi connectivity index (χ1) is 43.7. The summed E-state index contributed by atoms with van der Waals surface area (Å²) in [4.78, 5) is 0. The van der Waals surface area contributed by atoms with Crippen molar-refractivity contribution in [2.45, 2.75) is 0 Å². The van der Waals surface area contributed by atoms with Gasteiger partial charge in [0.1, 0.15) is 23.3 Å². The highest BCUT2D eigenvalue weighted by atomic mass is 15.1. The highest BCUT2D eigenvalue weighted by molar-refractivity contribution is 6.22. The van der Waals surface area contributed by atoms with E-state index >= 15 is 0 Å². The van der Waals surface area contributed by atoms with Crippen LogP contribution in [0.1, 0.15) is 11.1 Å². The van der Waals surface area contributed by atoms with E-state index in [1.165, 1.54) is 0 Å². The van der Waals surface area contributed by atoms with Crippen LogP contribution in [0.25, 0.3) is 165 Å². The van der Waals surface area contributed by atoms with Crippen molar-refractivity contribution in [2.24, 2.45) is 0 Å². The molecule has 0 aliphatic rings. The van der Waals surface area contributed by atoms with Gasteiger partial charge in [0.05, 0.1) is 88.9 Å². The molecule has 0 saturated carbocycles. The molecule has 88 heavy (non-hydrogen) atoms. The van der Waals surface area contributed by atoms with E-state index in [0.717, 1.165) is 142 Å². The normalized spacial score (nSPS) is 12.1. The lowest BCUT2D eigenvalue weighted by molar-refractivity contribution is 1.02. The summed E-state index contributed by atoms with van der Waals surface area (Å²) in [5, 5.41) is 38.4. The number of para-hydroxylation sites is 10. The SMILES string of the molecule is N#Cc1c(-n2c3ccccc3c3cc4c(cc32)c2ccccc2n4-c2ccccc2)c(C#N)c(-n2c3ccccc3c3ccccc32)c(-n2c3ccccc3c3cc4c(cc32)c2ccccc2n4-c2ccccc2)c1-n1c2ccccc2c2ccccc21. The summed E-state index contributed by atoms with van der Waals surface area (Å²) >= 11 is 0. The summed E-state index contributed by atoms with van der Waals surface area (Å²) in [6, 6.07) is 105. The Morgan fingerprint density at radius 3 is 0.659 bits per heavy atom. The van der Waals surface area contributed by atoms with E-state index in [0.29, 0.717) is 33.9 Å². The fourth-order valence-electron chi connectivity index (χ4n) is 15.2. The van der Waals surface area contributed by atoms with Gasteiger partial charge in [-0.1, -0.05) is 182 Å². The number of aromatic nitrogens is 6. The van der Waals surface area contributed by atoms with Crippen LogP contribution in [-0.4, -0.2) is 27.4 Å². The predicted molar refractivity (Wildman–Crippen MR) is 362 cm³/mol. The number of hydrogen-bond acceptors (Lipinski definition) is 2. The Kier molecular flexibility index (Phi) is 9.87. The van der Waals surface area contributed by atoms with Gasteiger partial charge in [-0.05, 0) is 97.1 Å². The van der Waals surface area contributed by atoms with Gasteiger partial charge >= 0.3 is 0 Å². The molecule has 0 fully saturated rings. The van der Waals surface area contributed by atoms with Crippen LogP contribution in [0, 0.1) is 22.7 Å². The lowest BCUT2D eigenvalue weighted by Gasteiger charge is -2.27. The van der Waals surface area contributed by atoms with E-state index in [-0.39, 0.29) is 0 Å². The van der Waals surface area contributed by atoms with Crippen LogP contribution in [0.3, 0.4) is 0 Å². The maximum Gasteiger partial charge on any atom is 0.104 e. The van der Waals surface area contributed by atoms with Crippen LogP contribution >= 0.6 is 0 Å². The molecular formula is C80H46N8. The molecule has 0 unspecified atom stereocenters. The van der Waals surface area contributed by atoms with E-state index < -0.39 is 0 Å². The first-order valence-corrected chi connectivity index (χ1v) is 29.7. The van der Waals surface area contributed by atoms with Gasteiger partial charge < -0.3 is 27.4 Å². The molecule has 0 aliphatic heterocycles. The summed E-state index contributed by atoms with van der Waals surface area (Å²) < 4.78 is 14.0. The molecule has 6 heterocycles. The number of nitriles is 2. The maximum atomic E-state index is 12.9. The second kappa shape index (κ2) is 18.1. The fourth-order valence-corrected chi connectivity index (χ4v) is 15.2. The molecular weight excluding hydrogens is 1070 g/mol.